The second kappa shape index (κ2) is 9.36. The normalized spacial score (nSPS) is 23.1. The monoisotopic (exact) mass is 504 g/mol. The van der Waals surface area contributed by atoms with E-state index in [9.17, 15) is 18.3 Å². The number of amides is 1. The Labute approximate surface area is 203 Å². The number of nitrogens with zero attached hydrogens (tertiary/aromatic N) is 2. The van der Waals surface area contributed by atoms with Crippen molar-refractivity contribution in [2.45, 2.75) is 45.8 Å². The smallest absolute Gasteiger partial charge is 0.266 e. The molecule has 2 aliphatic heterocycles. The van der Waals surface area contributed by atoms with Crippen molar-refractivity contribution in [2.75, 3.05) is 19.4 Å². The summed E-state index contributed by atoms with van der Waals surface area (Å²) >= 11 is 0. The third-order valence-electron chi connectivity index (χ3n) is 5.54. The van der Waals surface area contributed by atoms with Gasteiger partial charge >= 0.3 is 0 Å². The van der Waals surface area contributed by atoms with Gasteiger partial charge in [0.25, 0.3) is 15.9 Å². The highest BCUT2D eigenvalue weighted by Gasteiger charge is 2.46. The average Bonchev–Trinajstić information content (AvgIpc) is 3.30. The number of carbonyl (C=O) groups is 1. The van der Waals surface area contributed by atoms with Crippen LogP contribution < -0.4 is 10.0 Å². The zero-order valence-corrected chi connectivity index (χ0v) is 20.8. The summed E-state index contributed by atoms with van der Waals surface area (Å²) in [6, 6.07) is 7.69. The van der Waals surface area contributed by atoms with Gasteiger partial charge in [0, 0.05) is 14.1 Å². The molecule has 3 N–H and O–H groups in total. The Hall–Kier alpha value is -3.35. The first kappa shape index (κ1) is 24.8. The largest absolute Gasteiger partial charge is 0.505 e. The van der Waals surface area contributed by atoms with Crippen LogP contribution in [-0.4, -0.2) is 56.8 Å². The van der Waals surface area contributed by atoms with E-state index >= 15 is 0 Å². The Balaban J connectivity index is 1.81. The molecule has 4 rings (SSSR count). The second-order valence-electron chi connectivity index (χ2n) is 8.39. The summed E-state index contributed by atoms with van der Waals surface area (Å²) in [6.07, 6.45) is -1.20. The molecule has 11 nitrogen and oxygen atoms in total. The topological polar surface area (TPSA) is 143 Å². The van der Waals surface area contributed by atoms with E-state index in [-0.39, 0.29) is 33.4 Å². The number of anilines is 1. The van der Waals surface area contributed by atoms with Gasteiger partial charge in [-0.15, -0.1) is 0 Å². The van der Waals surface area contributed by atoms with Crippen molar-refractivity contribution in [3.8, 4) is 5.75 Å². The van der Waals surface area contributed by atoms with Crippen molar-refractivity contribution in [1.29, 1.82) is 0 Å². The van der Waals surface area contributed by atoms with Gasteiger partial charge in [0.15, 0.2) is 17.9 Å². The van der Waals surface area contributed by atoms with Crippen molar-refractivity contribution < 1.29 is 32.2 Å². The van der Waals surface area contributed by atoms with Crippen LogP contribution in [0.25, 0.3) is 0 Å². The number of furan rings is 1. The molecule has 35 heavy (non-hydrogen) atoms. The molecule has 3 heterocycles. The first-order chi connectivity index (χ1) is 16.5. The van der Waals surface area contributed by atoms with E-state index in [2.05, 4.69) is 15.0 Å². The maximum atomic E-state index is 13.1. The number of phenols is 1. The quantitative estimate of drug-likeness (QED) is 0.489. The van der Waals surface area contributed by atoms with Gasteiger partial charge in [0.1, 0.15) is 28.2 Å². The van der Waals surface area contributed by atoms with Crippen molar-refractivity contribution in [3.63, 3.8) is 0 Å². The van der Waals surface area contributed by atoms with Gasteiger partial charge in [0.05, 0.1) is 11.3 Å². The number of phenolic OH excluding ortho intramolecular Hbond substituents is 1. The highest BCUT2D eigenvalue weighted by Crippen LogP contribution is 2.37. The number of sulfonamides is 1. The molecule has 12 heteroatoms. The molecule has 2 aliphatic rings. The zero-order valence-electron chi connectivity index (χ0n) is 20.0. The number of hydrogen-bond acceptors (Lipinski definition) is 9. The average molecular weight is 505 g/mol. The number of nitrogens with one attached hydrogen (secondary N) is 2. The molecule has 0 saturated carbocycles. The Morgan fingerprint density at radius 2 is 1.97 bits per heavy atom. The van der Waals surface area contributed by atoms with E-state index < -0.39 is 34.6 Å². The van der Waals surface area contributed by atoms with Gasteiger partial charge < -0.3 is 29.2 Å². The molecular formula is C23H28N4O7S. The predicted octanol–water partition coefficient (Wildman–Crippen LogP) is 2.82. The number of ether oxygens (including phenoxy) is 2. The lowest BCUT2D eigenvalue weighted by atomic mass is 10.1. The lowest BCUT2D eigenvalue weighted by Crippen LogP contribution is -2.42. The number of carbonyl (C=O) groups excluding carboxylic acids is 1. The Morgan fingerprint density at radius 1 is 1.26 bits per heavy atom. The summed E-state index contributed by atoms with van der Waals surface area (Å²) in [6.45, 7) is 5.35. The van der Waals surface area contributed by atoms with Crippen LogP contribution in [0.2, 0.25) is 0 Å². The molecule has 1 aromatic carbocycles. The lowest BCUT2D eigenvalue weighted by molar-refractivity contribution is -0.356. The minimum absolute atomic E-state index is 0.0106. The van der Waals surface area contributed by atoms with Gasteiger partial charge in [-0.3, -0.25) is 14.5 Å². The summed E-state index contributed by atoms with van der Waals surface area (Å²) in [7, 11) is -0.946. The maximum absolute atomic E-state index is 13.1. The molecular weight excluding hydrogens is 476 g/mol. The number of aliphatic imine (C=N–C) groups is 1. The molecule has 0 spiro atoms. The zero-order chi connectivity index (χ0) is 25.5. The Kier molecular flexibility index (Phi) is 6.62. The first-order valence-electron chi connectivity index (χ1n) is 11.0. The van der Waals surface area contributed by atoms with Crippen LogP contribution in [0.1, 0.15) is 48.2 Å². The highest BCUT2D eigenvalue weighted by atomic mass is 32.2. The number of para-hydroxylation sites is 1. The minimum Gasteiger partial charge on any atom is -0.505 e. The van der Waals surface area contributed by atoms with Crippen molar-refractivity contribution >= 4 is 27.5 Å². The van der Waals surface area contributed by atoms with E-state index in [0.717, 1.165) is 0 Å². The van der Waals surface area contributed by atoms with E-state index in [4.69, 9.17) is 13.9 Å². The Bertz CT molecular complexity index is 1310. The van der Waals surface area contributed by atoms with Gasteiger partial charge in [-0.2, -0.15) is 0 Å². The van der Waals surface area contributed by atoms with E-state index in [0.29, 0.717) is 17.9 Å². The summed E-state index contributed by atoms with van der Waals surface area (Å²) in [5, 5.41) is 13.8. The summed E-state index contributed by atoms with van der Waals surface area (Å²) in [4.78, 5) is 18.2. The maximum Gasteiger partial charge on any atom is 0.266 e. The van der Waals surface area contributed by atoms with Gasteiger partial charge in [-0.25, -0.2) is 8.42 Å². The third kappa shape index (κ3) is 4.77. The third-order valence-corrected chi connectivity index (χ3v) is 6.98. The fourth-order valence-corrected chi connectivity index (χ4v) is 5.06. The second-order valence-corrected chi connectivity index (χ2v) is 10.0. The van der Waals surface area contributed by atoms with Crippen molar-refractivity contribution in [2.24, 2.45) is 4.99 Å². The Morgan fingerprint density at radius 3 is 2.54 bits per heavy atom. The summed E-state index contributed by atoms with van der Waals surface area (Å²) in [5.41, 5.74) is 0.219. The van der Waals surface area contributed by atoms with Crippen LogP contribution in [0.15, 0.2) is 50.3 Å². The fraction of sp³-hybridized carbons (Fsp3) is 0.391. The molecule has 0 aliphatic carbocycles. The minimum atomic E-state index is -4.07. The molecule has 1 fully saturated rings. The van der Waals surface area contributed by atoms with Crippen LogP contribution in [-0.2, 0) is 19.5 Å². The molecule has 0 unspecified atom stereocenters. The predicted molar refractivity (Wildman–Crippen MR) is 128 cm³/mol. The number of benzene rings is 1. The van der Waals surface area contributed by atoms with Gasteiger partial charge in [-0.1, -0.05) is 13.0 Å². The van der Waals surface area contributed by atoms with Crippen molar-refractivity contribution in [1.82, 2.24) is 9.62 Å². The number of aromatic hydroxyl groups is 1. The van der Waals surface area contributed by atoms with Crippen LogP contribution >= 0.6 is 0 Å². The molecule has 1 aromatic heterocycles. The summed E-state index contributed by atoms with van der Waals surface area (Å²) < 4.78 is 45.3. The van der Waals surface area contributed by atoms with Crippen LogP contribution in [0.3, 0.4) is 0 Å². The standard InChI is InChI=1S/C23H28N4O7S/c1-6-15(17-11-10-12(2)32-17)25-21-18(20(35(30,31)26-21)23-33-13(3)34-23)24-16-9-7-8-14(19(16)28)22(29)27(4)5/h7-11,13,15,23-24,28H,6H2,1-5H3,(H,25,26)/t13?,15-,23?/m1/s1. The number of rotatable bonds is 7. The molecule has 1 atom stereocenters. The van der Waals surface area contributed by atoms with Crippen LogP contribution in [0.4, 0.5) is 5.69 Å². The van der Waals surface area contributed by atoms with Gasteiger partial charge in [-0.05, 0) is 44.5 Å². The van der Waals surface area contributed by atoms with Crippen LogP contribution in [0, 0.1) is 6.92 Å². The number of amidine groups is 1. The molecule has 1 amide bonds. The number of hydrogen-bond donors (Lipinski definition) is 3. The lowest BCUT2D eigenvalue weighted by Gasteiger charge is -2.34. The van der Waals surface area contributed by atoms with E-state index in [1.165, 1.54) is 17.0 Å². The molecule has 2 aromatic rings. The fourth-order valence-electron chi connectivity index (χ4n) is 3.76. The highest BCUT2D eigenvalue weighted by molar-refractivity contribution is 7.94. The van der Waals surface area contributed by atoms with E-state index in [1.807, 2.05) is 13.8 Å². The first-order valence-corrected chi connectivity index (χ1v) is 12.5. The number of aryl methyl sites for hydroxylation is 1. The molecule has 0 bridgehead atoms. The molecule has 0 radical (unpaired) electrons. The van der Waals surface area contributed by atoms with E-state index in [1.54, 1.807) is 39.2 Å². The molecule has 1 saturated heterocycles. The summed E-state index contributed by atoms with van der Waals surface area (Å²) in [5.74, 6) is 0.550. The SMILES string of the molecule is CC[C@@H](N=C1NS(=O)(=O)C(C2OC(C)O2)=C1Nc1cccc(C(=O)N(C)C)c1O)c1ccc(C)o1. The van der Waals surface area contributed by atoms with Crippen LogP contribution in [0.5, 0.6) is 5.75 Å². The van der Waals surface area contributed by atoms with Gasteiger partial charge in [0.2, 0.25) is 6.29 Å². The van der Waals surface area contributed by atoms with Crippen molar-refractivity contribution in [3.05, 3.63) is 58.0 Å². The molecule has 188 valence electrons.